The van der Waals surface area contributed by atoms with Gasteiger partial charge >= 0.3 is 5.97 Å². The van der Waals surface area contributed by atoms with Crippen LogP contribution in [0, 0.1) is 0 Å². The molecule has 2 aliphatic rings. The zero-order chi connectivity index (χ0) is 22.0. The van der Waals surface area contributed by atoms with Gasteiger partial charge in [-0.25, -0.2) is 4.79 Å². The van der Waals surface area contributed by atoms with E-state index in [-0.39, 0.29) is 11.2 Å². The lowest BCUT2D eigenvalue weighted by Crippen LogP contribution is -2.36. The van der Waals surface area contributed by atoms with Crippen LogP contribution in [0.25, 0.3) is 11.0 Å². The lowest BCUT2D eigenvalue weighted by molar-refractivity contribution is -0.139. The molecule has 0 bridgehead atoms. The quantitative estimate of drug-likeness (QED) is 0.546. The van der Waals surface area contributed by atoms with Crippen LogP contribution in [-0.4, -0.2) is 18.4 Å². The first-order valence-corrected chi connectivity index (χ1v) is 10.9. The average Bonchev–Trinajstić information content (AvgIpc) is 2.76. The number of nitrogens with one attached hydrogen (secondary N) is 1. The molecule has 0 saturated carbocycles. The third kappa shape index (κ3) is 3.94. The number of Topliss-reactive ketones (excluding diaryl/α,β-unsaturated/α-hetero) is 1. The lowest BCUT2D eigenvalue weighted by Gasteiger charge is -2.33. The maximum absolute atomic E-state index is 13.4. The molecule has 0 radical (unpaired) electrons. The van der Waals surface area contributed by atoms with Gasteiger partial charge in [-0.15, -0.1) is 0 Å². The SMILES string of the molecule is CCCCCOC(=O)C1=C(C)NC2=C(C(=O)CCC2)[C@@H]1c1coc2ccccc2c1=O. The number of esters is 1. The van der Waals surface area contributed by atoms with Crippen molar-refractivity contribution in [3.05, 3.63) is 68.9 Å². The molecule has 0 unspecified atom stereocenters. The predicted octanol–water partition coefficient (Wildman–Crippen LogP) is 4.49. The highest BCUT2D eigenvalue weighted by molar-refractivity contribution is 6.04. The van der Waals surface area contributed by atoms with Gasteiger partial charge in [-0.2, -0.15) is 0 Å². The van der Waals surface area contributed by atoms with E-state index in [0.717, 1.165) is 31.4 Å². The molecule has 1 atom stereocenters. The zero-order valence-electron chi connectivity index (χ0n) is 18.0. The number of rotatable bonds is 6. The summed E-state index contributed by atoms with van der Waals surface area (Å²) in [5.41, 5.74) is 2.73. The van der Waals surface area contributed by atoms with Crippen LogP contribution in [0.1, 0.15) is 63.9 Å². The molecular formula is C25H27NO5. The van der Waals surface area contributed by atoms with Crippen LogP contribution in [0.4, 0.5) is 0 Å². The number of para-hydroxylation sites is 1. The van der Waals surface area contributed by atoms with Crippen LogP contribution in [0.5, 0.6) is 0 Å². The number of fused-ring (bicyclic) bond motifs is 1. The van der Waals surface area contributed by atoms with Crippen molar-refractivity contribution in [2.45, 2.75) is 58.3 Å². The van der Waals surface area contributed by atoms with Gasteiger partial charge in [0.25, 0.3) is 0 Å². The second kappa shape index (κ2) is 8.92. The number of allylic oxidation sites excluding steroid dienone is 3. The van der Waals surface area contributed by atoms with Crippen molar-refractivity contribution in [3.63, 3.8) is 0 Å². The second-order valence-corrected chi connectivity index (χ2v) is 8.12. The molecular weight excluding hydrogens is 394 g/mol. The molecule has 0 fully saturated rings. The molecule has 4 rings (SSSR count). The van der Waals surface area contributed by atoms with Gasteiger partial charge in [0.15, 0.2) is 11.2 Å². The van der Waals surface area contributed by atoms with Crippen LogP contribution in [0.15, 0.2) is 62.3 Å². The van der Waals surface area contributed by atoms with E-state index in [2.05, 4.69) is 12.2 Å². The Labute approximate surface area is 181 Å². The number of hydrogen-bond acceptors (Lipinski definition) is 6. The maximum atomic E-state index is 13.4. The topological polar surface area (TPSA) is 85.6 Å². The predicted molar refractivity (Wildman–Crippen MR) is 117 cm³/mol. The highest BCUT2D eigenvalue weighted by atomic mass is 16.5. The Kier molecular flexibility index (Phi) is 6.07. The van der Waals surface area contributed by atoms with Gasteiger partial charge in [-0.05, 0) is 38.3 Å². The number of benzene rings is 1. The molecule has 1 aromatic heterocycles. The number of dihydropyridines is 1. The molecule has 1 aliphatic heterocycles. The fourth-order valence-corrected chi connectivity index (χ4v) is 4.45. The van der Waals surface area contributed by atoms with Crippen molar-refractivity contribution in [2.75, 3.05) is 6.61 Å². The van der Waals surface area contributed by atoms with Crippen molar-refractivity contribution in [1.82, 2.24) is 5.32 Å². The van der Waals surface area contributed by atoms with Crippen LogP contribution in [0.3, 0.4) is 0 Å². The number of ketones is 1. The normalized spacial score (nSPS) is 18.8. The summed E-state index contributed by atoms with van der Waals surface area (Å²) in [4.78, 5) is 39.5. The van der Waals surface area contributed by atoms with E-state index in [1.54, 1.807) is 31.2 Å². The smallest absolute Gasteiger partial charge is 0.336 e. The zero-order valence-corrected chi connectivity index (χ0v) is 18.0. The minimum atomic E-state index is -0.788. The molecule has 6 heteroatoms. The first-order valence-electron chi connectivity index (χ1n) is 10.9. The van der Waals surface area contributed by atoms with Gasteiger partial charge in [0, 0.05) is 29.0 Å². The molecule has 1 N–H and O–H groups in total. The third-order valence-electron chi connectivity index (χ3n) is 5.99. The van der Waals surface area contributed by atoms with Crippen LogP contribution >= 0.6 is 0 Å². The second-order valence-electron chi connectivity index (χ2n) is 8.12. The Morgan fingerprint density at radius 3 is 2.81 bits per heavy atom. The highest BCUT2D eigenvalue weighted by Gasteiger charge is 2.40. The number of hydrogen-bond donors (Lipinski definition) is 1. The Bertz CT molecular complexity index is 1150. The summed E-state index contributed by atoms with van der Waals surface area (Å²) in [6.07, 6.45) is 6.00. The molecule has 0 saturated heterocycles. The van der Waals surface area contributed by atoms with Gasteiger partial charge in [0.05, 0.1) is 29.7 Å². The Morgan fingerprint density at radius 2 is 2.00 bits per heavy atom. The standard InChI is InChI=1S/C25H27NO5/c1-3-4-7-13-30-25(29)21-15(2)26-18-10-8-11-19(27)23(18)22(21)17-14-31-20-12-6-5-9-16(20)24(17)28/h5-6,9,12,14,22,26H,3-4,7-8,10-11,13H2,1-2H3/t22-/m1/s1. The summed E-state index contributed by atoms with van der Waals surface area (Å²) >= 11 is 0. The molecule has 1 aliphatic carbocycles. The van der Waals surface area contributed by atoms with E-state index in [1.807, 2.05) is 0 Å². The first-order chi connectivity index (χ1) is 15.0. The minimum absolute atomic E-state index is 0.0462. The van der Waals surface area contributed by atoms with Gasteiger partial charge < -0.3 is 14.5 Å². The van der Waals surface area contributed by atoms with Gasteiger partial charge in [0.2, 0.25) is 0 Å². The summed E-state index contributed by atoms with van der Waals surface area (Å²) in [6, 6.07) is 6.99. The first kappa shape index (κ1) is 21.1. The number of carbonyl (C=O) groups excluding carboxylic acids is 2. The number of ether oxygens (including phenoxy) is 1. The van der Waals surface area contributed by atoms with Crippen LogP contribution in [0.2, 0.25) is 0 Å². The third-order valence-corrected chi connectivity index (χ3v) is 5.99. The van der Waals surface area contributed by atoms with Crippen molar-refractivity contribution in [1.29, 1.82) is 0 Å². The summed E-state index contributed by atoms with van der Waals surface area (Å²) in [6.45, 7) is 4.18. The average molecular weight is 421 g/mol. The van der Waals surface area contributed by atoms with E-state index in [1.165, 1.54) is 6.26 Å². The molecule has 2 heterocycles. The summed E-state index contributed by atoms with van der Waals surface area (Å²) in [5.74, 6) is -1.33. The van der Waals surface area contributed by atoms with Crippen molar-refractivity contribution < 1.29 is 18.7 Å². The fraction of sp³-hybridized carbons (Fsp3) is 0.400. The lowest BCUT2D eigenvalue weighted by atomic mass is 9.75. The van der Waals surface area contributed by atoms with Crippen molar-refractivity contribution >= 4 is 22.7 Å². The van der Waals surface area contributed by atoms with E-state index in [0.29, 0.717) is 52.8 Å². The summed E-state index contributed by atoms with van der Waals surface area (Å²) in [7, 11) is 0. The Morgan fingerprint density at radius 1 is 1.19 bits per heavy atom. The molecule has 6 nitrogen and oxygen atoms in total. The Hall–Kier alpha value is -3.15. The van der Waals surface area contributed by atoms with Gasteiger partial charge in [0.1, 0.15) is 5.58 Å². The molecule has 2 aromatic rings. The van der Waals surface area contributed by atoms with E-state index in [4.69, 9.17) is 9.15 Å². The van der Waals surface area contributed by atoms with Crippen molar-refractivity contribution in [2.24, 2.45) is 0 Å². The molecule has 0 amide bonds. The van der Waals surface area contributed by atoms with Gasteiger partial charge in [-0.1, -0.05) is 31.9 Å². The molecule has 162 valence electrons. The molecule has 0 spiro atoms. The summed E-state index contributed by atoms with van der Waals surface area (Å²) in [5, 5.41) is 3.67. The number of unbranched alkanes of at least 4 members (excludes halogenated alkanes) is 2. The number of carbonyl (C=O) groups is 2. The highest BCUT2D eigenvalue weighted by Crippen LogP contribution is 2.41. The summed E-state index contributed by atoms with van der Waals surface area (Å²) < 4.78 is 11.3. The molecule has 1 aromatic carbocycles. The van der Waals surface area contributed by atoms with Crippen molar-refractivity contribution in [3.8, 4) is 0 Å². The maximum Gasteiger partial charge on any atom is 0.336 e. The van der Waals surface area contributed by atoms with E-state index in [9.17, 15) is 14.4 Å². The minimum Gasteiger partial charge on any atom is -0.464 e. The molecule has 31 heavy (non-hydrogen) atoms. The van der Waals surface area contributed by atoms with E-state index < -0.39 is 11.9 Å². The fourth-order valence-electron chi connectivity index (χ4n) is 4.45. The largest absolute Gasteiger partial charge is 0.464 e. The monoisotopic (exact) mass is 421 g/mol. The van der Waals surface area contributed by atoms with Gasteiger partial charge in [-0.3, -0.25) is 9.59 Å². The van der Waals surface area contributed by atoms with E-state index >= 15 is 0 Å². The van der Waals surface area contributed by atoms with Crippen LogP contribution < -0.4 is 10.7 Å². The van der Waals surface area contributed by atoms with Crippen LogP contribution in [-0.2, 0) is 14.3 Å². The Balaban J connectivity index is 1.83.